The van der Waals surface area contributed by atoms with Gasteiger partial charge >= 0.3 is 0 Å². The molecule has 2 rings (SSSR count). The zero-order valence-electron chi connectivity index (χ0n) is 10.1. The molecule has 0 radical (unpaired) electrons. The van der Waals surface area contributed by atoms with Gasteiger partial charge in [0.2, 0.25) is 5.95 Å². The number of aromatic nitrogens is 2. The molecule has 0 saturated carbocycles. The van der Waals surface area contributed by atoms with E-state index in [9.17, 15) is 0 Å². The zero-order chi connectivity index (χ0) is 11.7. The third kappa shape index (κ3) is 2.11. The van der Waals surface area contributed by atoms with Crippen molar-refractivity contribution in [1.82, 2.24) is 9.55 Å². The lowest BCUT2D eigenvalue weighted by Gasteiger charge is -2.14. The first-order valence-corrected chi connectivity index (χ1v) is 6.20. The molecule has 0 amide bonds. The molecular formula is C12H17N3S. The van der Waals surface area contributed by atoms with Crippen LogP contribution < -0.4 is 5.32 Å². The Morgan fingerprint density at radius 3 is 2.69 bits per heavy atom. The van der Waals surface area contributed by atoms with Gasteiger partial charge in [-0.05, 0) is 32.4 Å². The van der Waals surface area contributed by atoms with Crippen LogP contribution in [0.4, 0.5) is 5.95 Å². The van der Waals surface area contributed by atoms with Crippen molar-refractivity contribution in [2.24, 2.45) is 7.05 Å². The first-order chi connectivity index (χ1) is 7.58. The van der Waals surface area contributed by atoms with Crippen molar-refractivity contribution in [1.29, 1.82) is 0 Å². The van der Waals surface area contributed by atoms with E-state index in [0.29, 0.717) is 6.04 Å². The Labute approximate surface area is 100 Å². The minimum Gasteiger partial charge on any atom is -0.349 e. The fourth-order valence-electron chi connectivity index (χ4n) is 1.86. The summed E-state index contributed by atoms with van der Waals surface area (Å²) in [6, 6.07) is 2.55. The van der Waals surface area contributed by atoms with Crippen LogP contribution in [-0.2, 0) is 7.05 Å². The standard InChI is InChI=1S/C12H17N3S/c1-8-7-11(10(3)16-8)9(2)14-12-13-5-6-15(12)4/h5-7,9H,1-4H3,(H,13,14). The highest BCUT2D eigenvalue weighted by Gasteiger charge is 2.12. The summed E-state index contributed by atoms with van der Waals surface area (Å²) in [5.41, 5.74) is 1.37. The van der Waals surface area contributed by atoms with Gasteiger partial charge in [0.1, 0.15) is 0 Å². The molecular weight excluding hydrogens is 218 g/mol. The summed E-state index contributed by atoms with van der Waals surface area (Å²) in [5, 5.41) is 3.42. The molecule has 0 saturated heterocycles. The highest BCUT2D eigenvalue weighted by molar-refractivity contribution is 7.12. The molecule has 1 atom stereocenters. The average Bonchev–Trinajstić information content (AvgIpc) is 2.74. The van der Waals surface area contributed by atoms with E-state index >= 15 is 0 Å². The molecule has 0 aliphatic heterocycles. The van der Waals surface area contributed by atoms with Crippen LogP contribution in [0.15, 0.2) is 18.5 Å². The lowest BCUT2D eigenvalue weighted by molar-refractivity contribution is 0.821. The van der Waals surface area contributed by atoms with Gasteiger partial charge in [-0.1, -0.05) is 0 Å². The van der Waals surface area contributed by atoms with Gasteiger partial charge in [0.25, 0.3) is 0 Å². The Morgan fingerprint density at radius 2 is 2.19 bits per heavy atom. The molecule has 0 aromatic carbocycles. The van der Waals surface area contributed by atoms with E-state index in [1.807, 2.05) is 29.1 Å². The van der Waals surface area contributed by atoms with Crippen LogP contribution in [0.2, 0.25) is 0 Å². The lowest BCUT2D eigenvalue weighted by atomic mass is 10.1. The van der Waals surface area contributed by atoms with E-state index in [1.165, 1.54) is 15.3 Å². The topological polar surface area (TPSA) is 29.9 Å². The maximum Gasteiger partial charge on any atom is 0.202 e. The number of aryl methyl sites for hydroxylation is 3. The van der Waals surface area contributed by atoms with Gasteiger partial charge in [-0.25, -0.2) is 4.98 Å². The van der Waals surface area contributed by atoms with Crippen LogP contribution in [0.3, 0.4) is 0 Å². The summed E-state index contributed by atoms with van der Waals surface area (Å²) in [4.78, 5) is 7.02. The number of hydrogen-bond donors (Lipinski definition) is 1. The smallest absolute Gasteiger partial charge is 0.202 e. The summed E-state index contributed by atoms with van der Waals surface area (Å²) >= 11 is 1.85. The molecule has 86 valence electrons. The summed E-state index contributed by atoms with van der Waals surface area (Å²) in [6.45, 7) is 6.49. The van der Waals surface area contributed by atoms with Gasteiger partial charge in [-0.15, -0.1) is 11.3 Å². The predicted octanol–water partition coefficient (Wildman–Crippen LogP) is 3.27. The highest BCUT2D eigenvalue weighted by Crippen LogP contribution is 2.27. The second kappa shape index (κ2) is 4.29. The van der Waals surface area contributed by atoms with Gasteiger partial charge in [0.05, 0.1) is 6.04 Å². The first kappa shape index (κ1) is 11.2. The molecule has 3 nitrogen and oxygen atoms in total. The number of rotatable bonds is 3. The van der Waals surface area contributed by atoms with Crippen LogP contribution >= 0.6 is 11.3 Å². The number of nitrogens with one attached hydrogen (secondary N) is 1. The van der Waals surface area contributed by atoms with Crippen LogP contribution in [0.1, 0.15) is 28.3 Å². The van der Waals surface area contributed by atoms with E-state index in [2.05, 4.69) is 37.1 Å². The minimum absolute atomic E-state index is 0.297. The van der Waals surface area contributed by atoms with Crippen LogP contribution in [0.25, 0.3) is 0 Å². The maximum atomic E-state index is 4.27. The Hall–Kier alpha value is -1.29. The summed E-state index contributed by atoms with van der Waals surface area (Å²) in [7, 11) is 1.99. The van der Waals surface area contributed by atoms with Crippen molar-refractivity contribution in [2.75, 3.05) is 5.32 Å². The fourth-order valence-corrected chi connectivity index (χ4v) is 2.88. The second-order valence-electron chi connectivity index (χ2n) is 4.10. The first-order valence-electron chi connectivity index (χ1n) is 5.38. The van der Waals surface area contributed by atoms with Crippen molar-refractivity contribution in [3.8, 4) is 0 Å². The summed E-state index contributed by atoms with van der Waals surface area (Å²) in [5.74, 6) is 0.913. The van der Waals surface area contributed by atoms with Crippen LogP contribution in [0.5, 0.6) is 0 Å². The van der Waals surface area contributed by atoms with Gasteiger partial charge in [0, 0.05) is 29.2 Å². The van der Waals surface area contributed by atoms with Crippen molar-refractivity contribution < 1.29 is 0 Å². The SMILES string of the molecule is Cc1cc(C(C)Nc2nccn2C)c(C)s1. The van der Waals surface area contributed by atoms with Gasteiger partial charge in [-0.3, -0.25) is 0 Å². The summed E-state index contributed by atoms with van der Waals surface area (Å²) in [6.07, 6.45) is 3.75. The molecule has 2 aromatic rings. The molecule has 0 spiro atoms. The van der Waals surface area contributed by atoms with Crippen LogP contribution in [-0.4, -0.2) is 9.55 Å². The minimum atomic E-state index is 0.297. The van der Waals surface area contributed by atoms with E-state index in [4.69, 9.17) is 0 Å². The molecule has 16 heavy (non-hydrogen) atoms. The molecule has 0 fully saturated rings. The Bertz CT molecular complexity index is 484. The lowest BCUT2D eigenvalue weighted by Crippen LogP contribution is -2.10. The molecule has 1 N–H and O–H groups in total. The average molecular weight is 235 g/mol. The van der Waals surface area contributed by atoms with E-state index in [0.717, 1.165) is 5.95 Å². The van der Waals surface area contributed by atoms with Gasteiger partial charge in [-0.2, -0.15) is 0 Å². The summed E-state index contributed by atoms with van der Waals surface area (Å²) < 4.78 is 1.99. The van der Waals surface area contributed by atoms with E-state index < -0.39 is 0 Å². The predicted molar refractivity (Wildman–Crippen MR) is 69.0 cm³/mol. The van der Waals surface area contributed by atoms with Crippen molar-refractivity contribution in [2.45, 2.75) is 26.8 Å². The number of thiophene rings is 1. The molecule has 2 heterocycles. The maximum absolute atomic E-state index is 4.27. The third-order valence-corrected chi connectivity index (χ3v) is 3.69. The van der Waals surface area contributed by atoms with Crippen molar-refractivity contribution in [3.63, 3.8) is 0 Å². The number of anilines is 1. The van der Waals surface area contributed by atoms with Crippen molar-refractivity contribution in [3.05, 3.63) is 33.8 Å². The Morgan fingerprint density at radius 1 is 1.44 bits per heavy atom. The molecule has 0 aliphatic rings. The molecule has 0 bridgehead atoms. The number of nitrogens with zero attached hydrogens (tertiary/aromatic N) is 2. The quantitative estimate of drug-likeness (QED) is 0.885. The molecule has 2 aromatic heterocycles. The third-order valence-electron chi connectivity index (χ3n) is 2.71. The largest absolute Gasteiger partial charge is 0.349 e. The van der Waals surface area contributed by atoms with Crippen molar-refractivity contribution >= 4 is 17.3 Å². The Kier molecular flexibility index (Phi) is 3.01. The van der Waals surface area contributed by atoms with E-state index in [1.54, 1.807) is 6.20 Å². The van der Waals surface area contributed by atoms with E-state index in [-0.39, 0.29) is 0 Å². The fraction of sp³-hybridized carbons (Fsp3) is 0.417. The zero-order valence-corrected chi connectivity index (χ0v) is 10.9. The normalized spacial score (nSPS) is 12.8. The van der Waals surface area contributed by atoms with Gasteiger partial charge < -0.3 is 9.88 Å². The molecule has 4 heteroatoms. The molecule has 1 unspecified atom stereocenters. The highest BCUT2D eigenvalue weighted by atomic mass is 32.1. The Balaban J connectivity index is 2.17. The number of imidazole rings is 1. The molecule has 0 aliphatic carbocycles. The second-order valence-corrected chi connectivity index (χ2v) is 5.56. The monoisotopic (exact) mass is 235 g/mol. The number of hydrogen-bond acceptors (Lipinski definition) is 3. The van der Waals surface area contributed by atoms with Crippen LogP contribution in [0, 0.1) is 13.8 Å². The van der Waals surface area contributed by atoms with Gasteiger partial charge in [0.15, 0.2) is 0 Å².